The molecule has 1 aliphatic heterocycles. The third-order valence-corrected chi connectivity index (χ3v) is 4.95. The lowest BCUT2D eigenvalue weighted by Crippen LogP contribution is -2.24. The van der Waals surface area contributed by atoms with Crippen molar-refractivity contribution in [3.8, 4) is 17.1 Å². The molecule has 1 aromatic heterocycles. The summed E-state index contributed by atoms with van der Waals surface area (Å²) in [4.78, 5) is 18.5. The Bertz CT molecular complexity index is 1010. The first-order valence-electron chi connectivity index (χ1n) is 8.73. The molecule has 2 heterocycles. The number of amides is 1. The summed E-state index contributed by atoms with van der Waals surface area (Å²) >= 11 is 5.90. The number of benzene rings is 2. The molecule has 28 heavy (non-hydrogen) atoms. The van der Waals surface area contributed by atoms with Crippen molar-refractivity contribution in [2.24, 2.45) is 0 Å². The predicted molar refractivity (Wildman–Crippen MR) is 100 cm³/mol. The van der Waals surface area contributed by atoms with Gasteiger partial charge in [0, 0.05) is 30.1 Å². The summed E-state index contributed by atoms with van der Waals surface area (Å²) in [6, 6.07) is 11.8. The lowest BCUT2D eigenvalue weighted by Gasteiger charge is -2.16. The van der Waals surface area contributed by atoms with Crippen molar-refractivity contribution < 1.29 is 18.4 Å². The van der Waals surface area contributed by atoms with E-state index in [1.165, 1.54) is 19.2 Å². The number of carbonyl (C=O) groups excluding carboxylic acids is 1. The van der Waals surface area contributed by atoms with Gasteiger partial charge in [-0.3, -0.25) is 4.79 Å². The first kappa shape index (κ1) is 18.4. The second-order valence-corrected chi connectivity index (χ2v) is 7.04. The van der Waals surface area contributed by atoms with Crippen molar-refractivity contribution in [2.45, 2.75) is 18.9 Å². The molecule has 0 N–H and O–H groups in total. The van der Waals surface area contributed by atoms with Crippen LogP contribution in [0.4, 0.5) is 4.39 Å². The molecule has 1 saturated heterocycles. The number of likely N-dealkylation sites (tertiary alicyclic amines) is 1. The van der Waals surface area contributed by atoms with Crippen molar-refractivity contribution in [3.05, 3.63) is 64.8 Å². The van der Waals surface area contributed by atoms with Gasteiger partial charge in [0.05, 0.1) is 13.0 Å². The van der Waals surface area contributed by atoms with Gasteiger partial charge < -0.3 is 14.2 Å². The zero-order chi connectivity index (χ0) is 19.7. The van der Waals surface area contributed by atoms with E-state index in [9.17, 15) is 9.18 Å². The van der Waals surface area contributed by atoms with Gasteiger partial charge in [-0.2, -0.15) is 4.98 Å². The minimum absolute atomic E-state index is 0.0233. The van der Waals surface area contributed by atoms with Gasteiger partial charge >= 0.3 is 0 Å². The highest BCUT2D eigenvalue weighted by Crippen LogP contribution is 2.30. The van der Waals surface area contributed by atoms with Crippen molar-refractivity contribution in [2.75, 3.05) is 13.7 Å². The minimum atomic E-state index is -0.503. The highest BCUT2D eigenvalue weighted by atomic mass is 35.5. The van der Waals surface area contributed by atoms with Crippen molar-refractivity contribution >= 4 is 17.5 Å². The van der Waals surface area contributed by atoms with E-state index < -0.39 is 5.82 Å². The SMILES string of the molecule is COc1ccc(-c2noc(C3CC(=O)N(Cc4ccc(Cl)cc4)C3)n2)cc1F. The van der Waals surface area contributed by atoms with E-state index in [0.717, 1.165) is 5.56 Å². The van der Waals surface area contributed by atoms with Gasteiger partial charge in [-0.05, 0) is 35.9 Å². The third-order valence-electron chi connectivity index (χ3n) is 4.70. The van der Waals surface area contributed by atoms with Crippen LogP contribution >= 0.6 is 11.6 Å². The predicted octanol–water partition coefficient (Wildman–Crippen LogP) is 4.05. The zero-order valence-electron chi connectivity index (χ0n) is 15.1. The molecule has 0 radical (unpaired) electrons. The summed E-state index contributed by atoms with van der Waals surface area (Å²) in [5, 5.41) is 4.59. The fourth-order valence-corrected chi connectivity index (χ4v) is 3.35. The molecule has 0 saturated carbocycles. The van der Waals surface area contributed by atoms with Crippen LogP contribution in [-0.2, 0) is 11.3 Å². The molecule has 6 nitrogen and oxygen atoms in total. The number of carbonyl (C=O) groups is 1. The number of hydrogen-bond donors (Lipinski definition) is 0. The molecular formula is C20H17ClFN3O3. The molecule has 3 aromatic rings. The molecule has 4 rings (SSSR count). The highest BCUT2D eigenvalue weighted by Gasteiger charge is 2.34. The summed E-state index contributed by atoms with van der Waals surface area (Å²) in [6.45, 7) is 0.983. The van der Waals surface area contributed by atoms with Crippen molar-refractivity contribution in [1.82, 2.24) is 15.0 Å². The van der Waals surface area contributed by atoms with Crippen LogP contribution in [0.15, 0.2) is 47.0 Å². The minimum Gasteiger partial charge on any atom is -0.494 e. The molecule has 0 bridgehead atoms. The molecule has 1 aliphatic rings. The van der Waals surface area contributed by atoms with E-state index in [4.69, 9.17) is 20.9 Å². The van der Waals surface area contributed by atoms with Crippen LogP contribution in [0.5, 0.6) is 5.75 Å². The lowest BCUT2D eigenvalue weighted by atomic mass is 10.1. The van der Waals surface area contributed by atoms with Crippen molar-refractivity contribution in [1.29, 1.82) is 0 Å². The van der Waals surface area contributed by atoms with Crippen molar-refractivity contribution in [3.63, 3.8) is 0 Å². The molecule has 8 heteroatoms. The van der Waals surface area contributed by atoms with E-state index in [1.54, 1.807) is 23.1 Å². The summed E-state index contributed by atoms with van der Waals surface area (Å²) in [6.07, 6.45) is 0.298. The average molecular weight is 402 g/mol. The Kier molecular flexibility index (Phi) is 5.00. The van der Waals surface area contributed by atoms with Crippen LogP contribution in [0.25, 0.3) is 11.4 Å². The monoisotopic (exact) mass is 401 g/mol. The normalized spacial score (nSPS) is 16.6. The fraction of sp³-hybridized carbons (Fsp3) is 0.250. The van der Waals surface area contributed by atoms with Gasteiger partial charge in [0.2, 0.25) is 17.6 Å². The molecule has 1 unspecified atom stereocenters. The van der Waals surface area contributed by atoms with Gasteiger partial charge in [0.1, 0.15) is 0 Å². The van der Waals surface area contributed by atoms with Crippen LogP contribution in [0.2, 0.25) is 5.02 Å². The van der Waals surface area contributed by atoms with Crippen LogP contribution in [0.3, 0.4) is 0 Å². The standard InChI is InChI=1S/C20H17ClFN3O3/c1-27-17-7-4-13(8-16(17)22)19-23-20(28-24-19)14-9-18(26)25(11-14)10-12-2-5-15(21)6-3-12/h2-8,14H,9-11H2,1H3. The van der Waals surface area contributed by atoms with Gasteiger partial charge in [-0.15, -0.1) is 0 Å². The van der Waals surface area contributed by atoms with Crippen LogP contribution in [0.1, 0.15) is 23.8 Å². The van der Waals surface area contributed by atoms with E-state index in [2.05, 4.69) is 10.1 Å². The maximum absolute atomic E-state index is 13.9. The smallest absolute Gasteiger partial charge is 0.232 e. The number of hydrogen-bond acceptors (Lipinski definition) is 5. The molecule has 1 atom stereocenters. The number of ether oxygens (including phenoxy) is 1. The van der Waals surface area contributed by atoms with E-state index >= 15 is 0 Å². The van der Waals surface area contributed by atoms with Gasteiger partial charge in [-0.1, -0.05) is 28.9 Å². The largest absolute Gasteiger partial charge is 0.494 e. The molecule has 0 spiro atoms. The second-order valence-electron chi connectivity index (χ2n) is 6.61. The second kappa shape index (κ2) is 7.59. The Hall–Kier alpha value is -2.93. The molecular weight excluding hydrogens is 385 g/mol. The number of aromatic nitrogens is 2. The molecule has 0 aliphatic carbocycles. The van der Waals surface area contributed by atoms with Gasteiger partial charge in [0.25, 0.3) is 0 Å². The fourth-order valence-electron chi connectivity index (χ4n) is 3.22. The topological polar surface area (TPSA) is 68.5 Å². The quantitative estimate of drug-likeness (QED) is 0.645. The summed E-state index contributed by atoms with van der Waals surface area (Å²) < 4.78 is 24.2. The first-order chi connectivity index (χ1) is 13.5. The Labute approximate surface area is 165 Å². The summed E-state index contributed by atoms with van der Waals surface area (Å²) in [5.41, 5.74) is 1.48. The lowest BCUT2D eigenvalue weighted by molar-refractivity contribution is -0.128. The number of rotatable bonds is 5. The molecule has 144 valence electrons. The first-order valence-corrected chi connectivity index (χ1v) is 9.11. The molecule has 1 amide bonds. The van der Waals surface area contributed by atoms with Gasteiger partial charge in [0.15, 0.2) is 11.6 Å². The number of nitrogens with zero attached hydrogens (tertiary/aromatic N) is 3. The summed E-state index contributed by atoms with van der Waals surface area (Å²) in [5.74, 6) is 0.126. The van der Waals surface area contributed by atoms with Crippen LogP contribution < -0.4 is 4.74 Å². The highest BCUT2D eigenvalue weighted by molar-refractivity contribution is 6.30. The number of halogens is 2. The van der Waals surface area contributed by atoms with Crippen LogP contribution in [-0.4, -0.2) is 34.6 Å². The Morgan fingerprint density at radius 2 is 2.07 bits per heavy atom. The number of methoxy groups -OCH3 is 1. The Morgan fingerprint density at radius 1 is 1.29 bits per heavy atom. The molecule has 1 fully saturated rings. The van der Waals surface area contributed by atoms with E-state index in [1.807, 2.05) is 12.1 Å². The van der Waals surface area contributed by atoms with E-state index in [0.29, 0.717) is 36.0 Å². The Balaban J connectivity index is 1.47. The zero-order valence-corrected chi connectivity index (χ0v) is 15.8. The maximum Gasteiger partial charge on any atom is 0.232 e. The third kappa shape index (κ3) is 3.71. The van der Waals surface area contributed by atoms with Gasteiger partial charge in [-0.25, -0.2) is 4.39 Å². The molecule has 2 aromatic carbocycles. The van der Waals surface area contributed by atoms with Crippen LogP contribution in [0, 0.1) is 5.82 Å². The Morgan fingerprint density at radius 3 is 2.79 bits per heavy atom. The summed E-state index contributed by atoms with van der Waals surface area (Å²) in [7, 11) is 1.40. The average Bonchev–Trinajstić information content (AvgIpc) is 3.31. The maximum atomic E-state index is 13.9. The van der Waals surface area contributed by atoms with E-state index in [-0.39, 0.29) is 23.4 Å².